The number of aliphatic imine (C=N–C) groups is 2. The first-order valence-electron chi connectivity index (χ1n) is 9.63. The zero-order valence-electron chi connectivity index (χ0n) is 17.0. The summed E-state index contributed by atoms with van der Waals surface area (Å²) >= 11 is 0. The van der Waals surface area contributed by atoms with Gasteiger partial charge in [0.25, 0.3) is 0 Å². The Balaban J connectivity index is 2.26. The SMILES string of the molecule is O=C(O)c1cccc2c1C=N\C=C/C=C\C=C/CO\C=C/C=C\C=N/C=C\C=C/C=C\2. The van der Waals surface area contributed by atoms with E-state index in [4.69, 9.17) is 4.74 Å². The third-order valence-electron chi connectivity index (χ3n) is 3.76. The van der Waals surface area contributed by atoms with Gasteiger partial charge in [-0.3, -0.25) is 9.98 Å². The molecule has 0 spiro atoms. The summed E-state index contributed by atoms with van der Waals surface area (Å²) < 4.78 is 5.32. The van der Waals surface area contributed by atoms with Crippen LogP contribution in [0.4, 0.5) is 0 Å². The quantitative estimate of drug-likeness (QED) is 0.645. The highest BCUT2D eigenvalue weighted by Gasteiger charge is 2.10. The van der Waals surface area contributed by atoms with Gasteiger partial charge in [-0.2, -0.15) is 0 Å². The van der Waals surface area contributed by atoms with E-state index in [0.29, 0.717) is 12.2 Å². The molecule has 0 saturated carbocycles. The lowest BCUT2D eigenvalue weighted by atomic mass is 10.0. The second-order valence-corrected chi connectivity index (χ2v) is 5.98. The van der Waals surface area contributed by atoms with Crippen LogP contribution in [0.5, 0.6) is 0 Å². The molecule has 0 amide bonds. The van der Waals surface area contributed by atoms with Crippen LogP contribution < -0.4 is 0 Å². The van der Waals surface area contributed by atoms with E-state index in [0.717, 1.165) is 5.56 Å². The van der Waals surface area contributed by atoms with E-state index in [1.165, 1.54) is 0 Å². The van der Waals surface area contributed by atoms with Crippen molar-refractivity contribution in [2.75, 3.05) is 6.61 Å². The molecule has 31 heavy (non-hydrogen) atoms. The van der Waals surface area contributed by atoms with Crippen LogP contribution in [0.3, 0.4) is 0 Å². The van der Waals surface area contributed by atoms with Crippen molar-refractivity contribution in [1.29, 1.82) is 0 Å². The van der Waals surface area contributed by atoms with Gasteiger partial charge in [-0.1, -0.05) is 60.7 Å². The maximum Gasteiger partial charge on any atom is 0.336 e. The van der Waals surface area contributed by atoms with E-state index < -0.39 is 5.97 Å². The second-order valence-electron chi connectivity index (χ2n) is 5.98. The number of hydrogen-bond acceptors (Lipinski definition) is 4. The zero-order valence-corrected chi connectivity index (χ0v) is 17.0. The van der Waals surface area contributed by atoms with Gasteiger partial charge in [0.15, 0.2) is 0 Å². The van der Waals surface area contributed by atoms with Crippen LogP contribution in [-0.2, 0) is 4.74 Å². The topological polar surface area (TPSA) is 71.2 Å². The molecule has 2 rings (SSSR count). The fourth-order valence-corrected chi connectivity index (χ4v) is 2.35. The molecule has 0 radical (unpaired) electrons. The summed E-state index contributed by atoms with van der Waals surface area (Å²) in [5, 5.41) is 9.49. The Morgan fingerprint density at radius 3 is 2.42 bits per heavy atom. The Hall–Kier alpha value is -4.25. The molecule has 1 aliphatic heterocycles. The third-order valence-corrected chi connectivity index (χ3v) is 3.76. The number of carbonyl (C=O) groups is 1. The standard InChI is InChI=1S/C26H24N2O3/c29-26(30)24-16-13-15-23-14-7-2-4-8-17-27-18-10-6-12-21-31-20-11-5-1-3-9-19-28-22-25(23)24/h1-19,21-22H,20H2,(H,29,30)/b3-1-,4-2-,10-6-,11-5-,14-7-,17-8-,19-9-,21-12-,27-18-,28-22?. The predicted octanol–water partition coefficient (Wildman–Crippen LogP) is 5.68. The van der Waals surface area contributed by atoms with E-state index in [-0.39, 0.29) is 5.56 Å². The summed E-state index contributed by atoms with van der Waals surface area (Å²) in [6.45, 7) is 0.460. The van der Waals surface area contributed by atoms with Gasteiger partial charge in [0, 0.05) is 30.4 Å². The molecule has 0 aliphatic carbocycles. The summed E-state index contributed by atoms with van der Waals surface area (Å²) in [5.74, 6) is -0.999. The molecule has 1 N–H and O–H groups in total. The molecule has 0 bridgehead atoms. The lowest BCUT2D eigenvalue weighted by Gasteiger charge is -2.04. The Morgan fingerprint density at radius 2 is 1.58 bits per heavy atom. The number of ether oxygens (including phenoxy) is 1. The lowest BCUT2D eigenvalue weighted by Crippen LogP contribution is -2.03. The van der Waals surface area contributed by atoms with E-state index in [1.54, 1.807) is 67.5 Å². The highest BCUT2D eigenvalue weighted by atomic mass is 16.5. The van der Waals surface area contributed by atoms with E-state index >= 15 is 0 Å². The van der Waals surface area contributed by atoms with Crippen LogP contribution in [0.15, 0.2) is 120 Å². The van der Waals surface area contributed by atoms with Crippen molar-refractivity contribution in [2.45, 2.75) is 0 Å². The minimum Gasteiger partial charge on any atom is -0.497 e. The average Bonchev–Trinajstić information content (AvgIpc) is 2.77. The largest absolute Gasteiger partial charge is 0.497 e. The van der Waals surface area contributed by atoms with Crippen molar-refractivity contribution >= 4 is 24.5 Å². The fraction of sp³-hybridized carbons (Fsp3) is 0.0385. The Kier molecular flexibility index (Phi) is 10.9. The van der Waals surface area contributed by atoms with Crippen molar-refractivity contribution in [3.63, 3.8) is 0 Å². The van der Waals surface area contributed by atoms with Crippen molar-refractivity contribution in [3.05, 3.63) is 126 Å². The summed E-state index contributed by atoms with van der Waals surface area (Å²) in [7, 11) is 0. The Bertz CT molecular complexity index is 1020. The van der Waals surface area contributed by atoms with Crippen molar-refractivity contribution in [3.8, 4) is 0 Å². The minimum atomic E-state index is -0.999. The second kappa shape index (κ2) is 14.7. The molecule has 1 aromatic rings. The molecule has 1 aliphatic rings. The molecule has 5 heteroatoms. The molecule has 0 aromatic heterocycles. The number of hydrogen-bond donors (Lipinski definition) is 1. The molecule has 0 fully saturated rings. The molecule has 0 unspecified atom stereocenters. The fourth-order valence-electron chi connectivity index (χ4n) is 2.35. The van der Waals surface area contributed by atoms with Gasteiger partial charge in [0.1, 0.15) is 6.61 Å². The molecule has 1 aromatic carbocycles. The smallest absolute Gasteiger partial charge is 0.336 e. The first-order valence-corrected chi connectivity index (χ1v) is 9.63. The normalized spacial score (nSPS) is 24.1. The highest BCUT2D eigenvalue weighted by molar-refractivity contribution is 6.01. The van der Waals surface area contributed by atoms with Crippen molar-refractivity contribution in [2.24, 2.45) is 9.98 Å². The minimum absolute atomic E-state index is 0.194. The molecule has 0 atom stereocenters. The lowest BCUT2D eigenvalue weighted by molar-refractivity contribution is 0.0696. The van der Waals surface area contributed by atoms with Gasteiger partial charge in [-0.05, 0) is 42.0 Å². The van der Waals surface area contributed by atoms with E-state index in [1.807, 2.05) is 60.8 Å². The van der Waals surface area contributed by atoms with Crippen LogP contribution in [0.1, 0.15) is 21.5 Å². The highest BCUT2D eigenvalue weighted by Crippen LogP contribution is 2.15. The number of nitrogens with zero attached hydrogens (tertiary/aromatic N) is 2. The first-order chi connectivity index (χ1) is 15.3. The van der Waals surface area contributed by atoms with E-state index in [2.05, 4.69) is 9.98 Å². The first kappa shape index (κ1) is 23.0. The maximum atomic E-state index is 11.6. The van der Waals surface area contributed by atoms with Crippen LogP contribution in [0.25, 0.3) is 6.08 Å². The van der Waals surface area contributed by atoms with Gasteiger partial charge in [0.2, 0.25) is 0 Å². The van der Waals surface area contributed by atoms with Crippen molar-refractivity contribution in [1.82, 2.24) is 0 Å². The van der Waals surface area contributed by atoms with Crippen LogP contribution in [-0.4, -0.2) is 30.1 Å². The van der Waals surface area contributed by atoms with Gasteiger partial charge in [0.05, 0.1) is 11.8 Å². The zero-order chi connectivity index (χ0) is 22.0. The number of aromatic carboxylic acids is 1. The molecular weight excluding hydrogens is 388 g/mol. The number of benzene rings is 1. The summed E-state index contributed by atoms with van der Waals surface area (Å²) in [5.41, 5.74) is 1.49. The van der Waals surface area contributed by atoms with Crippen LogP contribution in [0, 0.1) is 0 Å². The van der Waals surface area contributed by atoms with Gasteiger partial charge in [-0.15, -0.1) is 0 Å². The monoisotopic (exact) mass is 412 g/mol. The number of carboxylic acid groups (broad SMARTS) is 1. The molecule has 5 nitrogen and oxygen atoms in total. The van der Waals surface area contributed by atoms with Crippen molar-refractivity contribution < 1.29 is 14.6 Å². The van der Waals surface area contributed by atoms with E-state index in [9.17, 15) is 9.90 Å². The summed E-state index contributed by atoms with van der Waals surface area (Å²) in [4.78, 5) is 19.9. The maximum absolute atomic E-state index is 11.6. The molecule has 0 saturated heterocycles. The summed E-state index contributed by atoms with van der Waals surface area (Å²) in [6.07, 6.45) is 31.9. The van der Waals surface area contributed by atoms with Gasteiger partial charge >= 0.3 is 5.97 Å². The number of allylic oxidation sites excluding steroid dienone is 11. The third kappa shape index (κ3) is 9.67. The van der Waals surface area contributed by atoms with Crippen LogP contribution >= 0.6 is 0 Å². The Morgan fingerprint density at radius 1 is 0.839 bits per heavy atom. The number of rotatable bonds is 1. The van der Waals surface area contributed by atoms with Crippen LogP contribution in [0.2, 0.25) is 0 Å². The Labute approximate surface area is 182 Å². The molecule has 156 valence electrons. The van der Waals surface area contributed by atoms with Gasteiger partial charge < -0.3 is 9.84 Å². The summed E-state index contributed by atoms with van der Waals surface area (Å²) in [6, 6.07) is 5.12. The number of carboxylic acids is 1. The number of fused-ring (bicyclic) bond motifs is 1. The molecular formula is C26H24N2O3. The predicted molar refractivity (Wildman–Crippen MR) is 128 cm³/mol. The van der Waals surface area contributed by atoms with Gasteiger partial charge in [-0.25, -0.2) is 4.79 Å². The molecule has 1 heterocycles. The average molecular weight is 412 g/mol.